The predicted octanol–water partition coefficient (Wildman–Crippen LogP) is 8.71. The van der Waals surface area contributed by atoms with E-state index in [0.717, 1.165) is 68.6 Å². The summed E-state index contributed by atoms with van der Waals surface area (Å²) in [5.41, 5.74) is -3.97. The minimum Gasteiger partial charge on any atom is -0.383 e. The number of piperidine rings is 1. The number of ether oxygens (including phenoxy) is 1. The van der Waals surface area contributed by atoms with Gasteiger partial charge in [0, 0.05) is 72.9 Å². The van der Waals surface area contributed by atoms with Gasteiger partial charge in [0.1, 0.15) is 6.50 Å². The molecular formula is C41H40F5N3O3S. The van der Waals surface area contributed by atoms with Crippen LogP contribution in [0.15, 0.2) is 101 Å². The minimum absolute atomic E-state index is 0.184. The molecule has 0 saturated carbocycles. The summed E-state index contributed by atoms with van der Waals surface area (Å²) < 4.78 is 227. The Morgan fingerprint density at radius 2 is 1.72 bits per heavy atom. The van der Waals surface area contributed by atoms with Gasteiger partial charge in [0.2, 0.25) is 5.91 Å². The van der Waals surface area contributed by atoms with Crippen LogP contribution in [0, 0.1) is 18.6 Å². The number of likely N-dealkylation sites (tertiary alicyclic amines) is 1. The minimum atomic E-state index is -4.68. The molecule has 1 aliphatic heterocycles. The number of alkyl halides is 3. The van der Waals surface area contributed by atoms with Crippen molar-refractivity contribution in [2.75, 3.05) is 33.2 Å². The van der Waals surface area contributed by atoms with E-state index in [0.29, 0.717) is 0 Å². The van der Waals surface area contributed by atoms with E-state index in [1.54, 1.807) is 0 Å². The van der Waals surface area contributed by atoms with Crippen LogP contribution in [0.25, 0.3) is 22.0 Å². The van der Waals surface area contributed by atoms with Crippen LogP contribution >= 0.6 is 11.8 Å². The number of carbonyl (C=O) groups excluding carboxylic acids is 1. The van der Waals surface area contributed by atoms with Crippen molar-refractivity contribution in [3.63, 3.8) is 0 Å². The van der Waals surface area contributed by atoms with Gasteiger partial charge in [-0.3, -0.25) is 9.59 Å². The van der Waals surface area contributed by atoms with Crippen LogP contribution in [0.5, 0.6) is 0 Å². The number of halogens is 5. The second kappa shape index (κ2) is 16.7. The molecule has 0 aliphatic carbocycles. The summed E-state index contributed by atoms with van der Waals surface area (Å²) in [5.74, 6) is -5.72. The van der Waals surface area contributed by atoms with E-state index < -0.39 is 150 Å². The number of nitrogens with zero attached hydrogens (tertiary/aromatic N) is 3. The first kappa shape index (κ1) is 22.0. The van der Waals surface area contributed by atoms with Gasteiger partial charge in [-0.05, 0) is 72.2 Å². The van der Waals surface area contributed by atoms with E-state index in [4.69, 9.17) is 13.7 Å². The van der Waals surface area contributed by atoms with Crippen molar-refractivity contribution in [1.82, 2.24) is 14.4 Å². The largest absolute Gasteiger partial charge is 0.416 e. The highest BCUT2D eigenvalue weighted by Gasteiger charge is 2.31. The van der Waals surface area contributed by atoms with Crippen molar-refractivity contribution in [3.05, 3.63) is 135 Å². The van der Waals surface area contributed by atoms with Gasteiger partial charge in [0.05, 0.1) is 35.0 Å². The topological polar surface area (TPSA) is 54.8 Å². The molecule has 0 unspecified atom stereocenters. The number of thioether (sulfide) groups is 1. The average molecular weight is 767 g/mol. The summed E-state index contributed by atoms with van der Waals surface area (Å²) in [6.45, 7) is -16.9. The molecule has 1 fully saturated rings. The number of pyridine rings is 1. The maximum absolute atomic E-state index is 15.6. The number of carbonyl (C=O) groups is 1. The fourth-order valence-electron chi connectivity index (χ4n) is 5.04. The smallest absolute Gasteiger partial charge is 0.383 e. The molecule has 0 bridgehead atoms. The lowest BCUT2D eigenvalue weighted by molar-refractivity contribution is -0.137. The Morgan fingerprint density at radius 3 is 2.38 bits per heavy atom. The number of hydrogen-bond donors (Lipinski definition) is 0. The summed E-state index contributed by atoms with van der Waals surface area (Å²) in [6, 6.07) is 3.40. The van der Waals surface area contributed by atoms with Gasteiger partial charge in [-0.25, -0.2) is 8.78 Å². The van der Waals surface area contributed by atoms with Crippen LogP contribution in [0.3, 0.4) is 0 Å². The van der Waals surface area contributed by atoms with Gasteiger partial charge in [-0.2, -0.15) is 13.2 Å². The summed E-state index contributed by atoms with van der Waals surface area (Å²) in [4.78, 5) is 29.1. The molecule has 4 aromatic carbocycles. The monoisotopic (exact) mass is 766 g/mol. The molecule has 0 N–H and O–H groups in total. The Morgan fingerprint density at radius 1 is 1.04 bits per heavy atom. The highest BCUT2D eigenvalue weighted by molar-refractivity contribution is 7.98. The molecule has 278 valence electrons. The van der Waals surface area contributed by atoms with Crippen molar-refractivity contribution >= 4 is 28.6 Å². The van der Waals surface area contributed by atoms with E-state index in [1.807, 2.05) is 0 Å². The third kappa shape index (κ3) is 9.17. The van der Waals surface area contributed by atoms with Gasteiger partial charge in [-0.15, -0.1) is 11.8 Å². The number of rotatable bonds is 12. The van der Waals surface area contributed by atoms with Crippen molar-refractivity contribution in [2.45, 2.75) is 55.7 Å². The molecule has 1 saturated heterocycles. The molecule has 0 radical (unpaired) electrons. The zero-order chi connectivity index (χ0) is 52.9. The molecule has 53 heavy (non-hydrogen) atoms. The standard InChI is InChI=1S/C41H40F5N3O3S/c1-27-6-15-34-36(22-27)49(39(23-37(34)50)53-26-31-4-3-5-35(42)40(31)43)25-38(51)48(33-16-18-47(19-17-33)20-21-52-2)24-28-7-9-29(10-8-28)30-11-13-32(14-12-30)41(44,45)46/h3-15,22-23,33H,16-21,24-26H2,1-2H3/i6D,15D,16D2,17D2,18D2,19D2,21D2,22D,23D,25D2,33D. The van der Waals surface area contributed by atoms with Crippen LogP contribution in [-0.2, 0) is 34.5 Å². The summed E-state index contributed by atoms with van der Waals surface area (Å²) in [7, 11) is 0.793. The number of benzene rings is 4. The highest BCUT2D eigenvalue weighted by Crippen LogP contribution is 2.32. The van der Waals surface area contributed by atoms with E-state index in [2.05, 4.69) is 4.74 Å². The SMILES string of the molecule is [2H]c1c(C)c([2H])c2c(c1[2H])c(=O)c([2H])c(SCc1cccc(F)c1F)n2C([2H])([2H])C(=O)N(Cc1ccc(-c2ccc(C(F)(F)F)cc2)cc1)C1([2H])C([2H])([2H])C([2H])([2H])N(CC([2H])([2H])OC)C([2H])([2H])C1([2H])[2H]. The summed E-state index contributed by atoms with van der Waals surface area (Å²) >= 11 is 0.241. The first-order chi connectivity index (χ1) is 32.0. The third-order valence-corrected chi connectivity index (χ3v) is 8.75. The quantitative estimate of drug-likeness (QED) is 0.0940. The molecule has 2 heterocycles. The van der Waals surface area contributed by atoms with Crippen molar-refractivity contribution in [2.24, 2.45) is 0 Å². The molecule has 0 spiro atoms. The third-order valence-electron chi connectivity index (χ3n) is 7.74. The zero-order valence-electron chi connectivity index (χ0n) is 44.8. The lowest BCUT2D eigenvalue weighted by Gasteiger charge is -2.39. The van der Waals surface area contributed by atoms with Crippen molar-refractivity contribution in [1.29, 1.82) is 0 Å². The normalized spacial score (nSPS) is 23.8. The Kier molecular flexibility index (Phi) is 6.91. The first-order valence-electron chi connectivity index (χ1n) is 24.1. The first-order valence-corrected chi connectivity index (χ1v) is 16.6. The van der Waals surface area contributed by atoms with E-state index >= 15 is 9.18 Å². The summed E-state index contributed by atoms with van der Waals surface area (Å²) in [6.07, 6.45) is -13.2. The number of amides is 1. The Bertz CT molecular complexity index is 2910. The van der Waals surface area contributed by atoms with Gasteiger partial charge < -0.3 is 19.1 Å². The molecule has 5 aromatic rings. The Balaban J connectivity index is 1.65. The summed E-state index contributed by atoms with van der Waals surface area (Å²) in [5, 5.41) is -1.91. The predicted molar refractivity (Wildman–Crippen MR) is 198 cm³/mol. The van der Waals surface area contributed by atoms with Crippen LogP contribution in [0.1, 0.15) is 58.3 Å². The maximum Gasteiger partial charge on any atom is 0.416 e. The van der Waals surface area contributed by atoms with Crippen LogP contribution in [0.4, 0.5) is 22.0 Å². The molecular weight excluding hydrogens is 710 g/mol. The molecule has 1 amide bonds. The molecule has 1 aliphatic rings. The van der Waals surface area contributed by atoms with Crippen LogP contribution < -0.4 is 5.43 Å². The maximum atomic E-state index is 15.6. The molecule has 1 aromatic heterocycles. The lowest BCUT2D eigenvalue weighted by Crippen LogP contribution is -2.48. The molecule has 6 rings (SSSR count). The van der Waals surface area contributed by atoms with Gasteiger partial charge in [0.15, 0.2) is 17.1 Å². The van der Waals surface area contributed by atoms with E-state index in [-0.39, 0.29) is 42.8 Å². The van der Waals surface area contributed by atoms with Crippen molar-refractivity contribution in [3.8, 4) is 11.1 Å². The van der Waals surface area contributed by atoms with E-state index in [1.165, 1.54) is 12.1 Å². The second-order valence-corrected chi connectivity index (χ2v) is 12.3. The number of fused-ring (bicyclic) bond motifs is 1. The van der Waals surface area contributed by atoms with Crippen LogP contribution in [0.2, 0.25) is 0 Å². The molecule has 0 atom stereocenters. The van der Waals surface area contributed by atoms with Gasteiger partial charge in [-0.1, -0.05) is 54.6 Å². The number of aromatic nitrogens is 1. The Labute approximate surface area is 333 Å². The fourth-order valence-corrected chi connectivity index (χ4v) is 5.98. The zero-order valence-corrected chi connectivity index (χ0v) is 28.7. The molecule has 12 heteroatoms. The van der Waals surface area contributed by atoms with E-state index in [9.17, 15) is 32.0 Å². The number of hydrogen-bond acceptors (Lipinski definition) is 5. The fraction of sp³-hybridized carbons (Fsp3) is 0.317. The lowest BCUT2D eigenvalue weighted by atomic mass is 10.00. The average Bonchev–Trinajstić information content (AvgIpc) is 3.28. The Hall–Kier alpha value is -4.52. The van der Waals surface area contributed by atoms with Gasteiger partial charge >= 0.3 is 6.18 Å². The molecule has 6 nitrogen and oxygen atoms in total. The van der Waals surface area contributed by atoms with Crippen molar-refractivity contribution < 1.29 is 54.8 Å². The second-order valence-electron chi connectivity index (χ2n) is 11.4. The van der Waals surface area contributed by atoms with Gasteiger partial charge in [0.25, 0.3) is 0 Å². The van der Waals surface area contributed by atoms with Crippen LogP contribution in [-0.4, -0.2) is 59.5 Å². The number of methoxy groups -OCH3 is 1. The highest BCUT2D eigenvalue weighted by atomic mass is 32.2.